The monoisotopic (exact) mass is 350 g/mol. The Kier molecular flexibility index (Phi) is 5.56. The van der Waals surface area contributed by atoms with Crippen LogP contribution >= 0.6 is 11.3 Å². The third-order valence-electron chi connectivity index (χ3n) is 5.30. The van der Waals surface area contributed by atoms with E-state index in [0.717, 1.165) is 32.2 Å². The molecule has 0 aromatic carbocycles. The molecule has 2 aliphatic rings. The summed E-state index contributed by atoms with van der Waals surface area (Å²) < 4.78 is 5.11. The largest absolute Gasteiger partial charge is 0.383 e. The van der Waals surface area contributed by atoms with Crippen LogP contribution in [-0.4, -0.2) is 61.5 Å². The van der Waals surface area contributed by atoms with Gasteiger partial charge >= 0.3 is 0 Å². The Hall–Kier alpha value is -1.40. The standard InChI is InChI=1S/C18H26N2O3S/c1-23-11-10-19-8-2-6-18(17(19)22)7-9-20(14-18)16(21)4-3-15-5-12-24-13-15/h5,12-13H,2-4,6-11,14H2,1H3/t18-/m1/s1. The van der Waals surface area contributed by atoms with Crippen molar-refractivity contribution in [3.8, 4) is 0 Å². The molecule has 0 aliphatic carbocycles. The second kappa shape index (κ2) is 7.66. The van der Waals surface area contributed by atoms with Crippen molar-refractivity contribution in [3.63, 3.8) is 0 Å². The van der Waals surface area contributed by atoms with Crippen LogP contribution in [0.4, 0.5) is 0 Å². The molecule has 1 aromatic heterocycles. The molecule has 1 aromatic rings. The molecular weight excluding hydrogens is 324 g/mol. The lowest BCUT2D eigenvalue weighted by atomic mass is 9.78. The van der Waals surface area contributed by atoms with Gasteiger partial charge in [0.1, 0.15) is 0 Å². The number of ether oxygens (including phenoxy) is 1. The molecule has 0 N–H and O–H groups in total. The summed E-state index contributed by atoms with van der Waals surface area (Å²) in [5.41, 5.74) is 0.881. The molecule has 2 amide bonds. The van der Waals surface area contributed by atoms with Gasteiger partial charge in [-0.1, -0.05) is 0 Å². The van der Waals surface area contributed by atoms with Crippen molar-refractivity contribution >= 4 is 23.2 Å². The predicted molar refractivity (Wildman–Crippen MR) is 94.0 cm³/mol. The van der Waals surface area contributed by atoms with Crippen LogP contribution in [0.5, 0.6) is 0 Å². The van der Waals surface area contributed by atoms with Crippen molar-refractivity contribution in [3.05, 3.63) is 22.4 Å². The topological polar surface area (TPSA) is 49.9 Å². The zero-order valence-electron chi connectivity index (χ0n) is 14.3. The molecule has 1 spiro atoms. The van der Waals surface area contributed by atoms with Crippen LogP contribution in [0, 0.1) is 5.41 Å². The molecule has 3 rings (SSSR count). The minimum absolute atomic E-state index is 0.180. The van der Waals surface area contributed by atoms with Gasteiger partial charge in [0.2, 0.25) is 11.8 Å². The molecule has 0 saturated carbocycles. The van der Waals surface area contributed by atoms with Gasteiger partial charge in [0.15, 0.2) is 0 Å². The maximum Gasteiger partial charge on any atom is 0.230 e. The van der Waals surface area contributed by atoms with Crippen molar-refractivity contribution in [2.75, 3.05) is 39.9 Å². The number of carbonyl (C=O) groups excluding carboxylic acids is 2. The Morgan fingerprint density at radius 3 is 3.00 bits per heavy atom. The number of amides is 2. The first-order valence-corrected chi connectivity index (χ1v) is 9.66. The third kappa shape index (κ3) is 3.64. The van der Waals surface area contributed by atoms with E-state index in [0.29, 0.717) is 32.7 Å². The first kappa shape index (κ1) is 17.4. The Bertz CT molecular complexity index is 575. The summed E-state index contributed by atoms with van der Waals surface area (Å²) in [7, 11) is 1.66. The Morgan fingerprint density at radius 2 is 2.25 bits per heavy atom. The minimum atomic E-state index is -0.343. The number of hydrogen-bond donors (Lipinski definition) is 0. The molecule has 3 heterocycles. The summed E-state index contributed by atoms with van der Waals surface area (Å²) in [6.07, 6.45) is 4.06. The van der Waals surface area contributed by atoms with Crippen LogP contribution in [0.2, 0.25) is 0 Å². The first-order chi connectivity index (χ1) is 11.6. The van der Waals surface area contributed by atoms with Gasteiger partial charge in [-0.3, -0.25) is 9.59 Å². The van der Waals surface area contributed by atoms with Crippen LogP contribution in [-0.2, 0) is 20.7 Å². The highest BCUT2D eigenvalue weighted by molar-refractivity contribution is 7.07. The van der Waals surface area contributed by atoms with Gasteiger partial charge in [0, 0.05) is 39.7 Å². The second-order valence-corrected chi connectivity index (χ2v) is 7.65. The smallest absolute Gasteiger partial charge is 0.230 e. The second-order valence-electron chi connectivity index (χ2n) is 6.87. The van der Waals surface area contributed by atoms with E-state index in [1.807, 2.05) is 15.2 Å². The molecule has 2 aliphatic heterocycles. The molecular formula is C18H26N2O3S. The van der Waals surface area contributed by atoms with E-state index in [2.05, 4.69) is 11.4 Å². The fourth-order valence-corrected chi connectivity index (χ4v) is 4.58. The number of nitrogens with zero attached hydrogens (tertiary/aromatic N) is 2. The fraction of sp³-hybridized carbons (Fsp3) is 0.667. The molecule has 24 heavy (non-hydrogen) atoms. The van der Waals surface area contributed by atoms with E-state index in [9.17, 15) is 9.59 Å². The molecule has 0 bridgehead atoms. The number of hydrogen-bond acceptors (Lipinski definition) is 4. The normalized spacial score (nSPS) is 24.1. The molecule has 0 radical (unpaired) electrons. The van der Waals surface area contributed by atoms with E-state index in [1.165, 1.54) is 5.56 Å². The summed E-state index contributed by atoms with van der Waals surface area (Å²) in [6, 6.07) is 2.07. The molecule has 2 saturated heterocycles. The number of rotatable bonds is 6. The summed E-state index contributed by atoms with van der Waals surface area (Å²) in [4.78, 5) is 29.2. The summed E-state index contributed by atoms with van der Waals surface area (Å²) in [5.74, 6) is 0.402. The van der Waals surface area contributed by atoms with E-state index in [4.69, 9.17) is 4.74 Å². The van der Waals surface area contributed by atoms with Crippen molar-refractivity contribution in [2.24, 2.45) is 5.41 Å². The van der Waals surface area contributed by atoms with Gasteiger partial charge in [-0.15, -0.1) is 0 Å². The van der Waals surface area contributed by atoms with Gasteiger partial charge in [0.25, 0.3) is 0 Å². The number of methoxy groups -OCH3 is 1. The number of piperidine rings is 1. The molecule has 6 heteroatoms. The maximum absolute atomic E-state index is 12.9. The van der Waals surface area contributed by atoms with E-state index in [1.54, 1.807) is 18.4 Å². The van der Waals surface area contributed by atoms with E-state index >= 15 is 0 Å². The van der Waals surface area contributed by atoms with Crippen LogP contribution in [0.15, 0.2) is 16.8 Å². The van der Waals surface area contributed by atoms with Crippen LogP contribution in [0.3, 0.4) is 0 Å². The maximum atomic E-state index is 12.9. The number of likely N-dealkylation sites (tertiary alicyclic amines) is 2. The molecule has 0 unspecified atom stereocenters. The van der Waals surface area contributed by atoms with Crippen molar-refractivity contribution in [2.45, 2.75) is 32.1 Å². The number of carbonyl (C=O) groups is 2. The van der Waals surface area contributed by atoms with Gasteiger partial charge in [-0.05, 0) is 48.1 Å². The molecule has 5 nitrogen and oxygen atoms in total. The van der Waals surface area contributed by atoms with Crippen molar-refractivity contribution < 1.29 is 14.3 Å². The average molecular weight is 350 g/mol. The van der Waals surface area contributed by atoms with Crippen LogP contribution < -0.4 is 0 Å². The van der Waals surface area contributed by atoms with Gasteiger partial charge in [-0.25, -0.2) is 0 Å². The summed E-state index contributed by atoms with van der Waals surface area (Å²) >= 11 is 1.66. The fourth-order valence-electron chi connectivity index (χ4n) is 3.88. The minimum Gasteiger partial charge on any atom is -0.383 e. The molecule has 1 atom stereocenters. The zero-order valence-corrected chi connectivity index (χ0v) is 15.1. The van der Waals surface area contributed by atoms with Gasteiger partial charge in [0.05, 0.1) is 12.0 Å². The van der Waals surface area contributed by atoms with E-state index in [-0.39, 0.29) is 17.2 Å². The zero-order chi connectivity index (χ0) is 17.0. The highest BCUT2D eigenvalue weighted by atomic mass is 32.1. The highest BCUT2D eigenvalue weighted by Gasteiger charge is 2.49. The average Bonchev–Trinajstić information content (AvgIpc) is 3.25. The Labute approximate surface area is 147 Å². The Balaban J connectivity index is 1.56. The lowest BCUT2D eigenvalue weighted by molar-refractivity contribution is -0.146. The number of aryl methyl sites for hydroxylation is 1. The van der Waals surface area contributed by atoms with Crippen molar-refractivity contribution in [1.29, 1.82) is 0 Å². The summed E-state index contributed by atoms with van der Waals surface area (Å²) in [6.45, 7) is 3.36. The van der Waals surface area contributed by atoms with Gasteiger partial charge < -0.3 is 14.5 Å². The Morgan fingerprint density at radius 1 is 1.38 bits per heavy atom. The van der Waals surface area contributed by atoms with Crippen molar-refractivity contribution in [1.82, 2.24) is 9.80 Å². The predicted octanol–water partition coefficient (Wildman–Crippen LogP) is 2.17. The quantitative estimate of drug-likeness (QED) is 0.790. The van der Waals surface area contributed by atoms with Crippen LogP contribution in [0.25, 0.3) is 0 Å². The summed E-state index contributed by atoms with van der Waals surface area (Å²) in [5, 5.41) is 4.14. The molecule has 132 valence electrons. The molecule has 2 fully saturated rings. The van der Waals surface area contributed by atoms with Gasteiger partial charge in [-0.2, -0.15) is 11.3 Å². The van der Waals surface area contributed by atoms with E-state index < -0.39 is 0 Å². The third-order valence-corrected chi connectivity index (χ3v) is 6.04. The highest BCUT2D eigenvalue weighted by Crippen LogP contribution is 2.40. The van der Waals surface area contributed by atoms with Crippen LogP contribution in [0.1, 0.15) is 31.2 Å². The first-order valence-electron chi connectivity index (χ1n) is 8.72. The number of thiophene rings is 1. The lowest BCUT2D eigenvalue weighted by Gasteiger charge is -2.39. The lowest BCUT2D eigenvalue weighted by Crippen LogP contribution is -2.51. The SMILES string of the molecule is COCCN1CCC[C@]2(CCN(C(=O)CCc3ccsc3)C2)C1=O.